The number of aliphatic hydroxyl groups is 1. The van der Waals surface area contributed by atoms with Crippen LogP contribution in [-0.4, -0.2) is 37.8 Å². The van der Waals surface area contributed by atoms with Crippen LogP contribution in [0.4, 0.5) is 0 Å². The van der Waals surface area contributed by atoms with E-state index >= 15 is 0 Å². The number of carboxylic acid groups (broad SMARTS) is 1. The van der Waals surface area contributed by atoms with Gasteiger partial charge in [-0.1, -0.05) is 12.1 Å². The number of nitrogens with zero attached hydrogens (tertiary/aromatic N) is 3. The smallest absolute Gasteiger partial charge is 0.358 e. The molecule has 1 aromatic heterocycles. The summed E-state index contributed by atoms with van der Waals surface area (Å²) in [6.45, 7) is 3.49. The molecule has 0 aliphatic rings. The summed E-state index contributed by atoms with van der Waals surface area (Å²) in [4.78, 5) is 10.7. The number of carboxylic acids is 1. The van der Waals surface area contributed by atoms with Crippen LogP contribution in [0.25, 0.3) is 0 Å². The van der Waals surface area contributed by atoms with Crippen molar-refractivity contribution in [1.82, 2.24) is 15.0 Å². The molecule has 1 atom stereocenters. The third-order valence-electron chi connectivity index (χ3n) is 2.01. The molecule has 0 aliphatic carbocycles. The maximum Gasteiger partial charge on any atom is 0.358 e. The summed E-state index contributed by atoms with van der Waals surface area (Å²) in [5.74, 6) is -1.08. The van der Waals surface area contributed by atoms with Gasteiger partial charge in [0.15, 0.2) is 5.69 Å². The molecule has 0 fully saturated rings. The van der Waals surface area contributed by atoms with Crippen molar-refractivity contribution in [3.8, 4) is 0 Å². The first-order chi connectivity index (χ1) is 6.61. The Labute approximate surface area is 81.2 Å². The van der Waals surface area contributed by atoms with E-state index in [-0.39, 0.29) is 18.3 Å². The minimum atomic E-state index is -1.08. The summed E-state index contributed by atoms with van der Waals surface area (Å²) in [5.41, 5.74) is 0.506. The fourth-order valence-corrected chi connectivity index (χ4v) is 1.24. The number of aromatic carboxylic acids is 1. The van der Waals surface area contributed by atoms with Crippen LogP contribution in [0.2, 0.25) is 0 Å². The zero-order valence-electron chi connectivity index (χ0n) is 8.14. The lowest BCUT2D eigenvalue weighted by atomic mass is 10.2. The first-order valence-electron chi connectivity index (χ1n) is 4.40. The Morgan fingerprint density at radius 1 is 1.64 bits per heavy atom. The van der Waals surface area contributed by atoms with Gasteiger partial charge in [0.05, 0.1) is 18.3 Å². The molecule has 0 radical (unpaired) electrons. The first-order valence-corrected chi connectivity index (χ1v) is 4.40. The fourth-order valence-electron chi connectivity index (χ4n) is 1.24. The molecular formula is C8H13N3O3. The quantitative estimate of drug-likeness (QED) is 0.717. The van der Waals surface area contributed by atoms with Crippen LogP contribution in [0, 0.1) is 0 Å². The van der Waals surface area contributed by atoms with Crippen LogP contribution in [-0.2, 0) is 6.42 Å². The highest BCUT2D eigenvalue weighted by molar-refractivity contribution is 5.86. The van der Waals surface area contributed by atoms with Crippen molar-refractivity contribution in [3.05, 3.63) is 11.4 Å². The molecule has 6 nitrogen and oxygen atoms in total. The van der Waals surface area contributed by atoms with Gasteiger partial charge in [0.25, 0.3) is 0 Å². The lowest BCUT2D eigenvalue weighted by Crippen LogP contribution is -2.14. The van der Waals surface area contributed by atoms with Crippen molar-refractivity contribution >= 4 is 5.97 Å². The molecule has 0 amide bonds. The van der Waals surface area contributed by atoms with Crippen LogP contribution < -0.4 is 0 Å². The molecule has 1 aromatic rings. The van der Waals surface area contributed by atoms with Crippen molar-refractivity contribution in [2.75, 3.05) is 6.61 Å². The third kappa shape index (κ3) is 1.74. The van der Waals surface area contributed by atoms with Gasteiger partial charge >= 0.3 is 5.97 Å². The van der Waals surface area contributed by atoms with E-state index in [9.17, 15) is 4.79 Å². The minimum Gasteiger partial charge on any atom is -0.476 e. The zero-order valence-corrected chi connectivity index (χ0v) is 8.14. The topological polar surface area (TPSA) is 88.2 Å². The van der Waals surface area contributed by atoms with Gasteiger partial charge in [0.2, 0.25) is 0 Å². The molecule has 0 bridgehead atoms. The lowest BCUT2D eigenvalue weighted by molar-refractivity contribution is 0.0689. The van der Waals surface area contributed by atoms with E-state index in [2.05, 4.69) is 10.3 Å². The number of aliphatic hydroxyl groups excluding tert-OH is 1. The van der Waals surface area contributed by atoms with E-state index in [1.165, 1.54) is 4.68 Å². The van der Waals surface area contributed by atoms with Crippen molar-refractivity contribution < 1.29 is 15.0 Å². The molecule has 14 heavy (non-hydrogen) atoms. The molecule has 1 heterocycles. The molecule has 0 saturated heterocycles. The van der Waals surface area contributed by atoms with Crippen LogP contribution in [0.3, 0.4) is 0 Å². The molecule has 6 heteroatoms. The molecule has 2 N–H and O–H groups in total. The van der Waals surface area contributed by atoms with E-state index in [1.54, 1.807) is 6.92 Å². The van der Waals surface area contributed by atoms with E-state index in [0.717, 1.165) is 0 Å². The Kier molecular flexibility index (Phi) is 3.19. The maximum atomic E-state index is 10.7. The summed E-state index contributed by atoms with van der Waals surface area (Å²) in [7, 11) is 0. The highest BCUT2D eigenvalue weighted by Crippen LogP contribution is 2.12. The number of hydrogen-bond donors (Lipinski definition) is 2. The molecule has 0 aliphatic heterocycles. The van der Waals surface area contributed by atoms with E-state index in [1.807, 2.05) is 6.92 Å². The van der Waals surface area contributed by atoms with Gasteiger partial charge in [-0.3, -0.25) is 0 Å². The Hall–Kier alpha value is -1.43. The highest BCUT2D eigenvalue weighted by Gasteiger charge is 2.19. The van der Waals surface area contributed by atoms with Crippen molar-refractivity contribution in [2.45, 2.75) is 26.3 Å². The van der Waals surface area contributed by atoms with Crippen molar-refractivity contribution in [2.24, 2.45) is 0 Å². The van der Waals surface area contributed by atoms with Gasteiger partial charge in [0.1, 0.15) is 0 Å². The highest BCUT2D eigenvalue weighted by atomic mass is 16.4. The molecule has 0 saturated carbocycles. The minimum absolute atomic E-state index is 0.0344. The van der Waals surface area contributed by atoms with Crippen LogP contribution in [0.1, 0.15) is 36.1 Å². The lowest BCUT2D eigenvalue weighted by Gasteiger charge is -2.10. The van der Waals surface area contributed by atoms with Gasteiger partial charge in [0, 0.05) is 0 Å². The Bertz CT molecular complexity index is 335. The summed E-state index contributed by atoms with van der Waals surface area (Å²) in [5, 5.41) is 25.0. The number of carbonyl (C=O) groups is 1. The second-order valence-corrected chi connectivity index (χ2v) is 3.02. The second kappa shape index (κ2) is 4.19. The SMILES string of the molecule is CCc1c(C(=O)O)nnn1C(C)CO. The first kappa shape index (κ1) is 10.6. The number of aromatic nitrogens is 3. The van der Waals surface area contributed by atoms with Gasteiger partial charge in [-0.05, 0) is 13.3 Å². The molecule has 1 unspecified atom stereocenters. The predicted octanol–water partition coefficient (Wildman–Crippen LogP) is 0.0920. The summed E-state index contributed by atoms with van der Waals surface area (Å²) in [6, 6.07) is -0.245. The van der Waals surface area contributed by atoms with E-state index in [4.69, 9.17) is 10.2 Å². The largest absolute Gasteiger partial charge is 0.476 e. The summed E-state index contributed by atoms with van der Waals surface area (Å²) in [6.07, 6.45) is 0.527. The monoisotopic (exact) mass is 199 g/mol. The van der Waals surface area contributed by atoms with Crippen LogP contribution in [0.5, 0.6) is 0 Å². The Morgan fingerprint density at radius 2 is 2.29 bits per heavy atom. The van der Waals surface area contributed by atoms with Gasteiger partial charge in [-0.25, -0.2) is 9.48 Å². The predicted molar refractivity (Wildman–Crippen MR) is 48.2 cm³/mol. The molecule has 78 valence electrons. The average Bonchev–Trinajstić information content (AvgIpc) is 2.59. The van der Waals surface area contributed by atoms with Gasteiger partial charge < -0.3 is 10.2 Å². The molecule has 1 rings (SSSR count). The van der Waals surface area contributed by atoms with Gasteiger partial charge in [-0.15, -0.1) is 5.10 Å². The Morgan fingerprint density at radius 3 is 2.71 bits per heavy atom. The van der Waals surface area contributed by atoms with Crippen molar-refractivity contribution in [1.29, 1.82) is 0 Å². The number of rotatable bonds is 4. The molecule has 0 spiro atoms. The standard InChI is InChI=1S/C8H13N3O3/c1-3-6-7(8(13)14)9-10-11(6)5(2)4-12/h5,12H,3-4H2,1-2H3,(H,13,14). The summed E-state index contributed by atoms with van der Waals surface area (Å²) < 4.78 is 1.45. The summed E-state index contributed by atoms with van der Waals surface area (Å²) >= 11 is 0. The third-order valence-corrected chi connectivity index (χ3v) is 2.01. The fraction of sp³-hybridized carbons (Fsp3) is 0.625. The average molecular weight is 199 g/mol. The number of hydrogen-bond acceptors (Lipinski definition) is 4. The van der Waals surface area contributed by atoms with E-state index < -0.39 is 5.97 Å². The van der Waals surface area contributed by atoms with Crippen LogP contribution >= 0.6 is 0 Å². The second-order valence-electron chi connectivity index (χ2n) is 3.02. The van der Waals surface area contributed by atoms with Gasteiger partial charge in [-0.2, -0.15) is 0 Å². The van der Waals surface area contributed by atoms with Crippen LogP contribution in [0.15, 0.2) is 0 Å². The van der Waals surface area contributed by atoms with Crippen molar-refractivity contribution in [3.63, 3.8) is 0 Å². The molecule has 0 aromatic carbocycles. The normalized spacial score (nSPS) is 12.8. The molecular weight excluding hydrogens is 186 g/mol. The maximum absolute atomic E-state index is 10.7. The Balaban J connectivity index is 3.13. The van der Waals surface area contributed by atoms with E-state index in [0.29, 0.717) is 12.1 Å². The zero-order chi connectivity index (χ0) is 10.7.